The molecule has 1 amide bonds. The first kappa shape index (κ1) is 14.5. The van der Waals surface area contributed by atoms with Gasteiger partial charge in [0.05, 0.1) is 13.1 Å². The van der Waals surface area contributed by atoms with Gasteiger partial charge in [-0.2, -0.15) is 0 Å². The van der Waals surface area contributed by atoms with Gasteiger partial charge in [0.1, 0.15) is 12.4 Å². The van der Waals surface area contributed by atoms with E-state index >= 15 is 0 Å². The van der Waals surface area contributed by atoms with Crippen LogP contribution in [-0.4, -0.2) is 63.8 Å². The van der Waals surface area contributed by atoms with E-state index in [9.17, 15) is 4.79 Å². The van der Waals surface area contributed by atoms with Crippen molar-refractivity contribution in [2.45, 2.75) is 38.9 Å². The fraction of sp³-hybridized carbons (Fsp3) is 0.786. The number of likely N-dealkylation sites (tertiary alicyclic amines) is 1. The molecule has 3 rings (SSSR count). The molecular weight excluding hydrogens is 270 g/mol. The third-order valence-electron chi connectivity index (χ3n) is 4.23. The summed E-state index contributed by atoms with van der Waals surface area (Å²) in [6, 6.07) is 0. The van der Waals surface area contributed by atoms with Gasteiger partial charge >= 0.3 is 0 Å². The van der Waals surface area contributed by atoms with Crippen molar-refractivity contribution in [1.82, 2.24) is 24.6 Å². The lowest BCUT2D eigenvalue weighted by atomic mass is 10.3. The predicted molar refractivity (Wildman–Crippen MR) is 76.4 cm³/mol. The van der Waals surface area contributed by atoms with Crippen molar-refractivity contribution in [3.63, 3.8) is 0 Å². The summed E-state index contributed by atoms with van der Waals surface area (Å²) in [5.74, 6) is 1.95. The maximum atomic E-state index is 12.0. The number of carbonyl (C=O) groups is 1. The molecule has 1 fully saturated rings. The third-order valence-corrected chi connectivity index (χ3v) is 4.23. The topological polar surface area (TPSA) is 63.5 Å². The van der Waals surface area contributed by atoms with Gasteiger partial charge in [-0.3, -0.25) is 9.69 Å². The molecule has 0 unspecified atom stereocenters. The molecule has 116 valence electrons. The van der Waals surface area contributed by atoms with Crippen molar-refractivity contribution in [3.8, 4) is 0 Å². The summed E-state index contributed by atoms with van der Waals surface area (Å²) in [5.41, 5.74) is 0. The third kappa shape index (κ3) is 3.24. The monoisotopic (exact) mass is 293 g/mol. The van der Waals surface area contributed by atoms with Crippen molar-refractivity contribution in [2.24, 2.45) is 0 Å². The Hall–Kier alpha value is -1.47. The number of nitrogens with zero attached hydrogens (tertiary/aromatic N) is 5. The van der Waals surface area contributed by atoms with Gasteiger partial charge in [-0.25, -0.2) is 0 Å². The Morgan fingerprint density at radius 3 is 2.71 bits per heavy atom. The molecule has 0 saturated carbocycles. The molecule has 0 N–H and O–H groups in total. The maximum absolute atomic E-state index is 12.0. The molecule has 0 aromatic carbocycles. The van der Waals surface area contributed by atoms with Gasteiger partial charge in [0.2, 0.25) is 5.91 Å². The molecule has 0 spiro atoms. The molecular formula is C14H23N5O2. The van der Waals surface area contributed by atoms with Gasteiger partial charge in [0.15, 0.2) is 5.82 Å². The Balaban J connectivity index is 1.70. The van der Waals surface area contributed by atoms with Gasteiger partial charge < -0.3 is 14.2 Å². The lowest BCUT2D eigenvalue weighted by Crippen LogP contribution is -2.33. The Morgan fingerprint density at radius 1 is 1.14 bits per heavy atom. The van der Waals surface area contributed by atoms with Crippen LogP contribution in [0.3, 0.4) is 0 Å². The van der Waals surface area contributed by atoms with Gasteiger partial charge in [-0.05, 0) is 32.4 Å². The average molecular weight is 293 g/mol. The summed E-state index contributed by atoms with van der Waals surface area (Å²) in [4.78, 5) is 16.2. The number of methoxy groups -OCH3 is 1. The number of amides is 1. The highest BCUT2D eigenvalue weighted by molar-refractivity contribution is 5.77. The fourth-order valence-corrected chi connectivity index (χ4v) is 3.10. The smallest absolute Gasteiger partial charge is 0.248 e. The van der Waals surface area contributed by atoms with Crippen molar-refractivity contribution < 1.29 is 9.53 Å². The number of carbonyl (C=O) groups excluding carboxylic acids is 1. The minimum Gasteiger partial charge on any atom is -0.375 e. The highest BCUT2D eigenvalue weighted by Crippen LogP contribution is 2.16. The zero-order chi connectivity index (χ0) is 14.7. The van der Waals surface area contributed by atoms with E-state index < -0.39 is 0 Å². The maximum Gasteiger partial charge on any atom is 0.248 e. The minimum absolute atomic E-state index is 0.0232. The van der Waals surface area contributed by atoms with Crippen molar-refractivity contribution in [3.05, 3.63) is 11.6 Å². The van der Waals surface area contributed by atoms with E-state index in [-0.39, 0.29) is 12.5 Å². The second-order valence-corrected chi connectivity index (χ2v) is 5.77. The van der Waals surface area contributed by atoms with E-state index in [0.29, 0.717) is 6.54 Å². The molecule has 2 aliphatic heterocycles. The molecule has 3 heterocycles. The van der Waals surface area contributed by atoms with Crippen LogP contribution in [-0.2, 0) is 29.2 Å². The molecule has 0 aliphatic carbocycles. The largest absolute Gasteiger partial charge is 0.375 e. The summed E-state index contributed by atoms with van der Waals surface area (Å²) in [6.45, 7) is 5.50. The summed E-state index contributed by atoms with van der Waals surface area (Å²) in [5, 5.41) is 8.65. The summed E-state index contributed by atoms with van der Waals surface area (Å²) in [7, 11) is 1.55. The minimum atomic E-state index is 0.0232. The zero-order valence-corrected chi connectivity index (χ0v) is 12.6. The summed E-state index contributed by atoms with van der Waals surface area (Å²) in [6.07, 6.45) is 3.49. The van der Waals surface area contributed by atoms with Gasteiger partial charge in [-0.1, -0.05) is 0 Å². The van der Waals surface area contributed by atoms with Gasteiger partial charge in [-0.15, -0.1) is 10.2 Å². The number of hydrogen-bond donors (Lipinski definition) is 0. The van der Waals surface area contributed by atoms with Gasteiger partial charge in [0.25, 0.3) is 0 Å². The second-order valence-electron chi connectivity index (χ2n) is 5.77. The first-order valence-electron chi connectivity index (χ1n) is 7.68. The van der Waals surface area contributed by atoms with Crippen LogP contribution in [0, 0.1) is 0 Å². The van der Waals surface area contributed by atoms with Crippen LogP contribution < -0.4 is 0 Å². The van der Waals surface area contributed by atoms with Crippen LogP contribution in [0.15, 0.2) is 0 Å². The van der Waals surface area contributed by atoms with E-state index in [4.69, 9.17) is 4.74 Å². The molecule has 0 radical (unpaired) electrons. The molecule has 0 atom stereocenters. The van der Waals surface area contributed by atoms with Crippen LogP contribution in [0.4, 0.5) is 0 Å². The highest BCUT2D eigenvalue weighted by atomic mass is 16.5. The lowest BCUT2D eigenvalue weighted by molar-refractivity contribution is -0.135. The molecule has 7 nitrogen and oxygen atoms in total. The number of hydrogen-bond acceptors (Lipinski definition) is 5. The Kier molecular flexibility index (Phi) is 4.50. The quantitative estimate of drug-likeness (QED) is 0.796. The summed E-state index contributed by atoms with van der Waals surface area (Å²) < 4.78 is 7.13. The Morgan fingerprint density at radius 2 is 1.95 bits per heavy atom. The van der Waals surface area contributed by atoms with Crippen LogP contribution in [0.1, 0.15) is 30.9 Å². The normalized spacial score (nSPS) is 19.6. The van der Waals surface area contributed by atoms with E-state index in [1.807, 2.05) is 4.90 Å². The van der Waals surface area contributed by atoms with Crippen molar-refractivity contribution in [2.75, 3.05) is 33.4 Å². The number of aromatic nitrogens is 3. The predicted octanol–water partition coefficient (Wildman–Crippen LogP) is 0.253. The zero-order valence-electron chi connectivity index (χ0n) is 12.6. The second kappa shape index (κ2) is 6.53. The number of fused-ring (bicyclic) bond motifs is 1. The molecule has 21 heavy (non-hydrogen) atoms. The molecule has 7 heteroatoms. The standard InChI is InChI=1S/C14H23N5O2/c1-21-11-14(20)18-7-4-8-19-12(15-16-13(19)10-18)9-17-5-2-3-6-17/h2-11H2,1H3. The molecule has 2 aliphatic rings. The van der Waals surface area contributed by atoms with Crippen LogP contribution in [0.5, 0.6) is 0 Å². The highest BCUT2D eigenvalue weighted by Gasteiger charge is 2.23. The molecule has 1 aromatic heterocycles. The van der Waals surface area contributed by atoms with Crippen LogP contribution in [0.25, 0.3) is 0 Å². The van der Waals surface area contributed by atoms with Gasteiger partial charge in [0, 0.05) is 20.2 Å². The molecule has 1 aromatic rings. The van der Waals surface area contributed by atoms with E-state index in [1.165, 1.54) is 12.8 Å². The van der Waals surface area contributed by atoms with E-state index in [0.717, 1.165) is 50.8 Å². The van der Waals surface area contributed by atoms with E-state index in [2.05, 4.69) is 19.7 Å². The lowest BCUT2D eigenvalue weighted by Gasteiger charge is -2.18. The Labute approximate surface area is 124 Å². The van der Waals surface area contributed by atoms with Crippen molar-refractivity contribution >= 4 is 5.91 Å². The fourth-order valence-electron chi connectivity index (χ4n) is 3.10. The molecule has 1 saturated heterocycles. The SMILES string of the molecule is COCC(=O)N1CCCn2c(CN3CCCC3)nnc2C1. The Bertz CT molecular complexity index is 496. The first-order chi connectivity index (χ1) is 10.3. The first-order valence-corrected chi connectivity index (χ1v) is 7.68. The molecule has 0 bridgehead atoms. The number of rotatable bonds is 4. The van der Waals surface area contributed by atoms with Crippen LogP contribution in [0.2, 0.25) is 0 Å². The van der Waals surface area contributed by atoms with Crippen LogP contribution >= 0.6 is 0 Å². The van der Waals surface area contributed by atoms with Crippen molar-refractivity contribution in [1.29, 1.82) is 0 Å². The number of ether oxygens (including phenoxy) is 1. The average Bonchev–Trinajstić information content (AvgIpc) is 3.05. The van der Waals surface area contributed by atoms with E-state index in [1.54, 1.807) is 7.11 Å². The summed E-state index contributed by atoms with van der Waals surface area (Å²) >= 11 is 0.